The van der Waals surface area contributed by atoms with Crippen molar-refractivity contribution in [2.24, 2.45) is 0 Å². The minimum Gasteiger partial charge on any atom is -0.496 e. The van der Waals surface area contributed by atoms with Gasteiger partial charge in [-0.05, 0) is 43.0 Å². The number of hydrogen-bond acceptors (Lipinski definition) is 5. The number of esters is 1. The molecule has 0 saturated heterocycles. The molecule has 0 radical (unpaired) electrons. The summed E-state index contributed by atoms with van der Waals surface area (Å²) >= 11 is 1.61. The lowest BCUT2D eigenvalue weighted by atomic mass is 10.1. The number of hydrogen-bond donors (Lipinski definition) is 1. The number of methoxy groups -OCH3 is 1. The molecule has 0 fully saturated rings. The number of ether oxygens (including phenoxy) is 2. The Bertz CT molecular complexity index is 761. The lowest BCUT2D eigenvalue weighted by molar-refractivity contribution is -0.147. The second-order valence-electron chi connectivity index (χ2n) is 6.10. The summed E-state index contributed by atoms with van der Waals surface area (Å²) in [5.74, 6) is 0.404. The standard InChI is InChI=1S/C21H25NO4S/c1-15-8-10-16(11-9-15)14-26-21(24)18(12-13-27-3)22-20(23)17-6-4-5-7-19(17)25-2/h4-11,18H,12-14H2,1-3H3,(H,22,23)/t18-/m0/s1. The zero-order chi connectivity index (χ0) is 19.6. The van der Waals surface area contributed by atoms with Crippen molar-refractivity contribution >= 4 is 23.6 Å². The highest BCUT2D eigenvalue weighted by molar-refractivity contribution is 7.98. The molecule has 0 saturated carbocycles. The van der Waals surface area contributed by atoms with Crippen LogP contribution in [0.15, 0.2) is 48.5 Å². The summed E-state index contributed by atoms with van der Waals surface area (Å²) in [6.07, 6.45) is 2.45. The molecule has 0 aliphatic carbocycles. The van der Waals surface area contributed by atoms with Gasteiger partial charge in [0.05, 0.1) is 12.7 Å². The van der Waals surface area contributed by atoms with Crippen molar-refractivity contribution in [1.29, 1.82) is 0 Å². The first-order chi connectivity index (χ1) is 13.0. The van der Waals surface area contributed by atoms with Gasteiger partial charge in [0.1, 0.15) is 18.4 Å². The molecule has 6 heteroatoms. The van der Waals surface area contributed by atoms with Gasteiger partial charge in [0.2, 0.25) is 0 Å². The Morgan fingerprint density at radius 3 is 2.48 bits per heavy atom. The minimum absolute atomic E-state index is 0.180. The summed E-state index contributed by atoms with van der Waals surface area (Å²) in [5.41, 5.74) is 2.45. The Morgan fingerprint density at radius 2 is 1.81 bits per heavy atom. The van der Waals surface area contributed by atoms with Gasteiger partial charge in [-0.3, -0.25) is 4.79 Å². The Labute approximate surface area is 164 Å². The zero-order valence-electron chi connectivity index (χ0n) is 15.9. The van der Waals surface area contributed by atoms with E-state index in [0.717, 1.165) is 16.9 Å². The summed E-state index contributed by atoms with van der Waals surface area (Å²) in [4.78, 5) is 25.1. The molecular weight excluding hydrogens is 362 g/mol. The summed E-state index contributed by atoms with van der Waals surface area (Å²) in [7, 11) is 1.51. The van der Waals surface area contributed by atoms with Crippen LogP contribution in [0.2, 0.25) is 0 Å². The number of para-hydroxylation sites is 1. The van der Waals surface area contributed by atoms with Crippen molar-refractivity contribution in [3.8, 4) is 5.75 Å². The van der Waals surface area contributed by atoms with E-state index in [0.29, 0.717) is 17.7 Å². The highest BCUT2D eigenvalue weighted by Gasteiger charge is 2.24. The number of rotatable bonds is 9. The zero-order valence-corrected chi connectivity index (χ0v) is 16.7. The molecule has 5 nitrogen and oxygen atoms in total. The van der Waals surface area contributed by atoms with Crippen molar-refractivity contribution in [3.05, 3.63) is 65.2 Å². The van der Waals surface area contributed by atoms with Crippen LogP contribution >= 0.6 is 11.8 Å². The van der Waals surface area contributed by atoms with Gasteiger partial charge in [0, 0.05) is 0 Å². The third kappa shape index (κ3) is 6.32. The Kier molecular flexibility index (Phi) is 8.20. The molecule has 1 atom stereocenters. The van der Waals surface area contributed by atoms with Gasteiger partial charge < -0.3 is 14.8 Å². The van der Waals surface area contributed by atoms with E-state index in [4.69, 9.17) is 9.47 Å². The number of carbonyl (C=O) groups is 2. The van der Waals surface area contributed by atoms with Crippen LogP contribution in [0.25, 0.3) is 0 Å². The second kappa shape index (κ2) is 10.6. The summed E-state index contributed by atoms with van der Waals surface area (Å²) < 4.78 is 10.6. The summed E-state index contributed by atoms with van der Waals surface area (Å²) in [6, 6.07) is 14.0. The van der Waals surface area contributed by atoms with Gasteiger partial charge >= 0.3 is 5.97 Å². The Morgan fingerprint density at radius 1 is 1.11 bits per heavy atom. The Hall–Kier alpha value is -2.47. The van der Waals surface area contributed by atoms with Crippen LogP contribution in [0.1, 0.15) is 27.9 Å². The predicted octanol–water partition coefficient (Wildman–Crippen LogP) is 3.60. The van der Waals surface area contributed by atoms with Crippen molar-refractivity contribution in [2.45, 2.75) is 26.0 Å². The monoisotopic (exact) mass is 387 g/mol. The molecule has 0 spiro atoms. The fourth-order valence-corrected chi connectivity index (χ4v) is 2.96. The van der Waals surface area contributed by atoms with E-state index in [1.54, 1.807) is 36.0 Å². The van der Waals surface area contributed by atoms with E-state index in [9.17, 15) is 9.59 Å². The quantitative estimate of drug-likeness (QED) is 0.666. The van der Waals surface area contributed by atoms with Gasteiger partial charge in [-0.25, -0.2) is 4.79 Å². The van der Waals surface area contributed by atoms with Crippen molar-refractivity contribution in [2.75, 3.05) is 19.1 Å². The second-order valence-corrected chi connectivity index (χ2v) is 7.09. The minimum atomic E-state index is -0.708. The molecule has 1 N–H and O–H groups in total. The van der Waals surface area contributed by atoms with Crippen molar-refractivity contribution in [3.63, 3.8) is 0 Å². The molecular formula is C21H25NO4S. The number of carbonyl (C=O) groups excluding carboxylic acids is 2. The maximum Gasteiger partial charge on any atom is 0.329 e. The molecule has 144 valence electrons. The van der Waals surface area contributed by atoms with E-state index in [2.05, 4.69) is 5.32 Å². The SMILES string of the molecule is COc1ccccc1C(=O)N[C@@H](CCSC)C(=O)OCc1ccc(C)cc1. The van der Waals surface area contributed by atoms with E-state index in [1.165, 1.54) is 7.11 Å². The molecule has 0 aromatic heterocycles. The summed E-state index contributed by atoms with van der Waals surface area (Å²) in [6.45, 7) is 2.18. The smallest absolute Gasteiger partial charge is 0.329 e. The van der Waals surface area contributed by atoms with Gasteiger partial charge in [0.25, 0.3) is 5.91 Å². The molecule has 0 aliphatic rings. The molecule has 0 unspecified atom stereocenters. The Balaban J connectivity index is 2.03. The van der Waals surface area contributed by atoms with Crippen LogP contribution in [-0.4, -0.2) is 37.0 Å². The van der Waals surface area contributed by atoms with E-state index < -0.39 is 12.0 Å². The van der Waals surface area contributed by atoms with Gasteiger partial charge in [-0.15, -0.1) is 0 Å². The third-order valence-corrected chi connectivity index (χ3v) is 4.70. The third-order valence-electron chi connectivity index (χ3n) is 4.05. The first-order valence-electron chi connectivity index (χ1n) is 8.70. The fraction of sp³-hybridized carbons (Fsp3) is 0.333. The van der Waals surface area contributed by atoms with Crippen LogP contribution in [0.4, 0.5) is 0 Å². The number of aryl methyl sites for hydroxylation is 1. The van der Waals surface area contributed by atoms with E-state index in [-0.39, 0.29) is 12.5 Å². The molecule has 2 aromatic carbocycles. The average Bonchev–Trinajstić information content (AvgIpc) is 2.70. The molecule has 27 heavy (non-hydrogen) atoms. The van der Waals surface area contributed by atoms with Crippen LogP contribution in [0.3, 0.4) is 0 Å². The molecule has 0 aliphatic heterocycles. The molecule has 0 heterocycles. The first kappa shape index (κ1) is 20.8. The molecule has 1 amide bonds. The normalized spacial score (nSPS) is 11.5. The molecule has 0 bridgehead atoms. The van der Waals surface area contributed by atoms with Crippen LogP contribution in [0, 0.1) is 6.92 Å². The number of benzene rings is 2. The number of nitrogens with one attached hydrogen (secondary N) is 1. The van der Waals surface area contributed by atoms with Crippen molar-refractivity contribution < 1.29 is 19.1 Å². The maximum absolute atomic E-state index is 12.6. The van der Waals surface area contributed by atoms with Crippen LogP contribution in [-0.2, 0) is 16.1 Å². The first-order valence-corrected chi connectivity index (χ1v) is 10.1. The maximum atomic E-state index is 12.6. The van der Waals surface area contributed by atoms with Gasteiger partial charge in [-0.1, -0.05) is 42.0 Å². The van der Waals surface area contributed by atoms with Gasteiger partial charge in [-0.2, -0.15) is 11.8 Å². The fourth-order valence-electron chi connectivity index (χ4n) is 2.49. The molecule has 2 rings (SSSR count). The summed E-state index contributed by atoms with van der Waals surface area (Å²) in [5, 5.41) is 2.78. The topological polar surface area (TPSA) is 64.6 Å². The highest BCUT2D eigenvalue weighted by atomic mass is 32.2. The van der Waals surface area contributed by atoms with Crippen molar-refractivity contribution in [1.82, 2.24) is 5.32 Å². The van der Waals surface area contributed by atoms with E-state index in [1.807, 2.05) is 37.4 Å². The van der Waals surface area contributed by atoms with Crippen LogP contribution < -0.4 is 10.1 Å². The highest BCUT2D eigenvalue weighted by Crippen LogP contribution is 2.17. The molecule has 2 aromatic rings. The van der Waals surface area contributed by atoms with Gasteiger partial charge in [0.15, 0.2) is 0 Å². The lowest BCUT2D eigenvalue weighted by Gasteiger charge is -2.18. The van der Waals surface area contributed by atoms with E-state index >= 15 is 0 Å². The average molecular weight is 388 g/mol. The number of amides is 1. The lowest BCUT2D eigenvalue weighted by Crippen LogP contribution is -2.42. The largest absolute Gasteiger partial charge is 0.496 e. The number of thioether (sulfide) groups is 1. The predicted molar refractivity (Wildman–Crippen MR) is 108 cm³/mol. The van der Waals surface area contributed by atoms with Crippen LogP contribution in [0.5, 0.6) is 5.75 Å².